The third kappa shape index (κ3) is 2.31. The number of pyridine rings is 1. The van der Waals surface area contributed by atoms with Crippen molar-refractivity contribution in [3.63, 3.8) is 0 Å². The summed E-state index contributed by atoms with van der Waals surface area (Å²) in [7, 11) is 0. The molecule has 1 aromatic rings. The van der Waals surface area contributed by atoms with Crippen LogP contribution in [-0.2, 0) is 0 Å². The first-order chi connectivity index (χ1) is 6.66. The van der Waals surface area contributed by atoms with Crippen molar-refractivity contribution < 1.29 is 4.39 Å². The molecule has 76 valence electrons. The second-order valence-corrected chi connectivity index (χ2v) is 3.57. The molecule has 1 atom stereocenters. The Morgan fingerprint density at radius 3 is 2.71 bits per heavy atom. The lowest BCUT2D eigenvalue weighted by molar-refractivity contribution is 0.567. The van der Waals surface area contributed by atoms with E-state index in [1.165, 1.54) is 6.08 Å². The van der Waals surface area contributed by atoms with Gasteiger partial charge in [-0.05, 0) is 18.1 Å². The second-order valence-electron chi connectivity index (χ2n) is 3.57. The Balaban J connectivity index is 3.05. The molecule has 2 N–H and O–H groups in total. The van der Waals surface area contributed by atoms with Crippen LogP contribution >= 0.6 is 0 Å². The summed E-state index contributed by atoms with van der Waals surface area (Å²) in [5, 5.41) is 0. The standard InChI is InChI=1S/C11H15FN2/c1-8(2)9(5-6-12)10-4-3-7-14-11(10)13/h3-9H,1-2H3,(H2,13,14)/b6-5-. The van der Waals surface area contributed by atoms with E-state index in [1.807, 2.05) is 26.0 Å². The van der Waals surface area contributed by atoms with E-state index in [1.54, 1.807) is 6.20 Å². The number of nitrogens with zero attached hydrogens (tertiary/aromatic N) is 1. The molecule has 2 nitrogen and oxygen atoms in total. The summed E-state index contributed by atoms with van der Waals surface area (Å²) in [5.41, 5.74) is 6.61. The number of nitrogen functional groups attached to an aromatic ring is 1. The Kier molecular flexibility index (Phi) is 3.63. The average molecular weight is 194 g/mol. The molecule has 0 aliphatic rings. The molecule has 3 heteroatoms. The van der Waals surface area contributed by atoms with Crippen LogP contribution in [-0.4, -0.2) is 4.98 Å². The van der Waals surface area contributed by atoms with Gasteiger partial charge in [0, 0.05) is 17.7 Å². The van der Waals surface area contributed by atoms with E-state index in [9.17, 15) is 4.39 Å². The van der Waals surface area contributed by atoms with Gasteiger partial charge in [-0.15, -0.1) is 0 Å². The predicted octanol–water partition coefficient (Wildman–Crippen LogP) is 2.89. The molecular formula is C11H15FN2. The fourth-order valence-corrected chi connectivity index (χ4v) is 1.48. The first-order valence-electron chi connectivity index (χ1n) is 4.64. The van der Waals surface area contributed by atoms with Gasteiger partial charge in [-0.3, -0.25) is 0 Å². The number of halogens is 1. The fourth-order valence-electron chi connectivity index (χ4n) is 1.48. The maximum atomic E-state index is 12.2. The quantitative estimate of drug-likeness (QED) is 0.803. The molecular weight excluding hydrogens is 179 g/mol. The Bertz CT molecular complexity index is 321. The van der Waals surface area contributed by atoms with Crippen LogP contribution in [0.25, 0.3) is 0 Å². The monoisotopic (exact) mass is 194 g/mol. The lowest BCUT2D eigenvalue weighted by Gasteiger charge is -2.17. The van der Waals surface area contributed by atoms with Crippen LogP contribution in [0.3, 0.4) is 0 Å². The molecule has 0 saturated carbocycles. The van der Waals surface area contributed by atoms with E-state index in [0.29, 0.717) is 18.1 Å². The van der Waals surface area contributed by atoms with Crippen molar-refractivity contribution in [2.24, 2.45) is 5.92 Å². The number of aromatic nitrogens is 1. The molecule has 1 heterocycles. The molecule has 1 unspecified atom stereocenters. The Morgan fingerprint density at radius 2 is 2.21 bits per heavy atom. The molecule has 1 aromatic heterocycles. The maximum Gasteiger partial charge on any atom is 0.127 e. The van der Waals surface area contributed by atoms with Crippen molar-refractivity contribution >= 4 is 5.82 Å². The Labute approximate surface area is 83.7 Å². The zero-order chi connectivity index (χ0) is 10.6. The minimum absolute atomic E-state index is 0.00583. The van der Waals surface area contributed by atoms with E-state index in [2.05, 4.69) is 4.98 Å². The van der Waals surface area contributed by atoms with Gasteiger partial charge in [0.25, 0.3) is 0 Å². The van der Waals surface area contributed by atoms with Gasteiger partial charge in [0.1, 0.15) is 5.82 Å². The van der Waals surface area contributed by atoms with Crippen LogP contribution in [0.15, 0.2) is 30.7 Å². The van der Waals surface area contributed by atoms with Gasteiger partial charge in [-0.25, -0.2) is 9.37 Å². The third-order valence-electron chi connectivity index (χ3n) is 2.23. The highest BCUT2D eigenvalue weighted by Crippen LogP contribution is 2.28. The normalized spacial score (nSPS) is 13.7. The summed E-state index contributed by atoms with van der Waals surface area (Å²) in [6.07, 6.45) is 3.71. The highest BCUT2D eigenvalue weighted by Gasteiger charge is 2.15. The van der Waals surface area contributed by atoms with Gasteiger partial charge in [-0.2, -0.15) is 0 Å². The van der Waals surface area contributed by atoms with Gasteiger partial charge in [0.05, 0.1) is 6.33 Å². The second kappa shape index (κ2) is 4.74. The average Bonchev–Trinajstić information content (AvgIpc) is 2.15. The molecule has 0 bridgehead atoms. The smallest absolute Gasteiger partial charge is 0.127 e. The van der Waals surface area contributed by atoms with E-state index >= 15 is 0 Å². The molecule has 14 heavy (non-hydrogen) atoms. The SMILES string of the molecule is CC(C)C(/C=C\F)c1cccnc1N. The number of nitrogens with two attached hydrogens (primary N) is 1. The minimum atomic E-state index is -0.00583. The summed E-state index contributed by atoms with van der Waals surface area (Å²) >= 11 is 0. The highest BCUT2D eigenvalue weighted by atomic mass is 19.1. The number of hydrogen-bond donors (Lipinski definition) is 1. The van der Waals surface area contributed by atoms with Crippen molar-refractivity contribution in [3.05, 3.63) is 36.3 Å². The van der Waals surface area contributed by atoms with Crippen LogP contribution < -0.4 is 5.73 Å². The number of hydrogen-bond acceptors (Lipinski definition) is 2. The zero-order valence-electron chi connectivity index (χ0n) is 8.44. The summed E-state index contributed by atoms with van der Waals surface area (Å²) < 4.78 is 12.2. The van der Waals surface area contributed by atoms with E-state index < -0.39 is 0 Å². The summed E-state index contributed by atoms with van der Waals surface area (Å²) in [5.74, 6) is 0.770. The van der Waals surface area contributed by atoms with Gasteiger partial charge >= 0.3 is 0 Å². The van der Waals surface area contributed by atoms with E-state index in [4.69, 9.17) is 5.73 Å². The molecule has 0 saturated heterocycles. The van der Waals surface area contributed by atoms with Gasteiger partial charge < -0.3 is 5.73 Å². The molecule has 0 aromatic carbocycles. The first-order valence-corrected chi connectivity index (χ1v) is 4.64. The molecule has 0 amide bonds. The van der Waals surface area contributed by atoms with Gasteiger partial charge in [0.15, 0.2) is 0 Å². The largest absolute Gasteiger partial charge is 0.383 e. The number of anilines is 1. The highest BCUT2D eigenvalue weighted by molar-refractivity contribution is 5.43. The molecule has 0 spiro atoms. The minimum Gasteiger partial charge on any atom is -0.383 e. The fraction of sp³-hybridized carbons (Fsp3) is 0.364. The van der Waals surface area contributed by atoms with Crippen molar-refractivity contribution in [1.29, 1.82) is 0 Å². The van der Waals surface area contributed by atoms with E-state index in [-0.39, 0.29) is 5.92 Å². The lowest BCUT2D eigenvalue weighted by Crippen LogP contribution is -2.07. The molecule has 1 rings (SSSR count). The van der Waals surface area contributed by atoms with Crippen LogP contribution in [0.2, 0.25) is 0 Å². The van der Waals surface area contributed by atoms with Crippen molar-refractivity contribution in [1.82, 2.24) is 4.98 Å². The van der Waals surface area contributed by atoms with Crippen LogP contribution in [0.4, 0.5) is 10.2 Å². The maximum absolute atomic E-state index is 12.2. The van der Waals surface area contributed by atoms with Crippen LogP contribution in [0, 0.1) is 5.92 Å². The van der Waals surface area contributed by atoms with E-state index in [0.717, 1.165) is 5.56 Å². The molecule has 0 fully saturated rings. The van der Waals surface area contributed by atoms with Crippen LogP contribution in [0.1, 0.15) is 25.3 Å². The first kappa shape index (κ1) is 10.7. The van der Waals surface area contributed by atoms with Gasteiger partial charge in [0.2, 0.25) is 0 Å². The number of rotatable bonds is 3. The van der Waals surface area contributed by atoms with Gasteiger partial charge in [-0.1, -0.05) is 19.9 Å². The third-order valence-corrected chi connectivity index (χ3v) is 2.23. The Hall–Kier alpha value is -1.38. The molecule has 0 aliphatic heterocycles. The topological polar surface area (TPSA) is 38.9 Å². The van der Waals surface area contributed by atoms with Crippen molar-refractivity contribution in [3.8, 4) is 0 Å². The predicted molar refractivity (Wildman–Crippen MR) is 56.5 cm³/mol. The summed E-state index contributed by atoms with van der Waals surface area (Å²) in [4.78, 5) is 3.99. The number of allylic oxidation sites excluding steroid dienone is 1. The summed E-state index contributed by atoms with van der Waals surface area (Å²) in [6.45, 7) is 4.05. The van der Waals surface area contributed by atoms with Crippen LogP contribution in [0.5, 0.6) is 0 Å². The lowest BCUT2D eigenvalue weighted by atomic mass is 9.89. The Morgan fingerprint density at radius 1 is 1.50 bits per heavy atom. The van der Waals surface area contributed by atoms with Crippen molar-refractivity contribution in [2.45, 2.75) is 19.8 Å². The molecule has 0 aliphatic carbocycles. The zero-order valence-corrected chi connectivity index (χ0v) is 8.44. The summed E-state index contributed by atoms with van der Waals surface area (Å²) in [6, 6.07) is 3.69. The molecule has 0 radical (unpaired) electrons. The van der Waals surface area contributed by atoms with Crippen molar-refractivity contribution in [2.75, 3.05) is 5.73 Å².